The molecule has 0 spiro atoms. The molecule has 7 heteroatoms. The molecule has 3 atom stereocenters. The number of methoxy groups -OCH3 is 1. The number of amides is 1. The van der Waals surface area contributed by atoms with Gasteiger partial charge in [0.15, 0.2) is 11.0 Å². The van der Waals surface area contributed by atoms with Crippen LogP contribution in [0.25, 0.3) is 11.4 Å². The van der Waals surface area contributed by atoms with Crippen LogP contribution < -0.4 is 10.1 Å². The summed E-state index contributed by atoms with van der Waals surface area (Å²) in [5.74, 6) is 3.20. The number of aromatic nitrogens is 3. The molecule has 0 radical (unpaired) electrons. The molecule has 1 N–H and O–H groups in total. The molecule has 2 aromatic rings. The van der Waals surface area contributed by atoms with Crippen LogP contribution in [0.4, 0.5) is 0 Å². The van der Waals surface area contributed by atoms with Crippen LogP contribution in [0, 0.1) is 11.8 Å². The monoisotopic (exact) mass is 388 g/mol. The Morgan fingerprint density at radius 3 is 2.70 bits per heavy atom. The van der Waals surface area contributed by atoms with Crippen LogP contribution in [0.3, 0.4) is 0 Å². The molecule has 27 heavy (non-hydrogen) atoms. The molecule has 0 aliphatic heterocycles. The van der Waals surface area contributed by atoms with Gasteiger partial charge in [-0.2, -0.15) is 0 Å². The average molecular weight is 389 g/mol. The van der Waals surface area contributed by atoms with Crippen molar-refractivity contribution in [1.29, 1.82) is 0 Å². The molecule has 1 saturated carbocycles. The molecule has 1 heterocycles. The number of hydrogen-bond acceptors (Lipinski definition) is 5. The topological polar surface area (TPSA) is 69.0 Å². The predicted molar refractivity (Wildman–Crippen MR) is 108 cm³/mol. The normalized spacial score (nSPS) is 22.4. The number of thioether (sulfide) groups is 1. The lowest BCUT2D eigenvalue weighted by Crippen LogP contribution is -2.44. The summed E-state index contributed by atoms with van der Waals surface area (Å²) in [6.45, 7) is 4.52. The number of ether oxygens (including phenoxy) is 1. The van der Waals surface area contributed by atoms with Crippen molar-refractivity contribution in [2.24, 2.45) is 18.9 Å². The minimum atomic E-state index is 0.0694. The summed E-state index contributed by atoms with van der Waals surface area (Å²) < 4.78 is 7.11. The fraction of sp³-hybridized carbons (Fsp3) is 0.550. The van der Waals surface area contributed by atoms with Gasteiger partial charge < -0.3 is 14.6 Å². The first kappa shape index (κ1) is 19.7. The highest BCUT2D eigenvalue weighted by molar-refractivity contribution is 7.99. The van der Waals surface area contributed by atoms with E-state index in [-0.39, 0.29) is 11.9 Å². The third kappa shape index (κ3) is 4.64. The Morgan fingerprint density at radius 1 is 1.26 bits per heavy atom. The minimum Gasteiger partial charge on any atom is -0.497 e. The molecule has 3 rings (SSSR count). The summed E-state index contributed by atoms with van der Waals surface area (Å²) in [6.07, 6.45) is 3.53. The van der Waals surface area contributed by atoms with Gasteiger partial charge in [0.1, 0.15) is 5.75 Å². The first-order valence-corrected chi connectivity index (χ1v) is 10.4. The maximum absolute atomic E-state index is 12.4. The van der Waals surface area contributed by atoms with Gasteiger partial charge >= 0.3 is 0 Å². The Hall–Kier alpha value is -2.02. The van der Waals surface area contributed by atoms with Gasteiger partial charge in [-0.1, -0.05) is 38.5 Å². The van der Waals surface area contributed by atoms with Gasteiger partial charge in [-0.25, -0.2) is 0 Å². The van der Waals surface area contributed by atoms with Crippen molar-refractivity contribution in [3.63, 3.8) is 0 Å². The third-order valence-electron chi connectivity index (χ3n) is 5.57. The molecule has 1 amide bonds. The van der Waals surface area contributed by atoms with Crippen LogP contribution in [-0.4, -0.2) is 39.6 Å². The molecule has 146 valence electrons. The summed E-state index contributed by atoms with van der Waals surface area (Å²) in [6, 6.07) is 7.99. The van der Waals surface area contributed by atoms with Crippen LogP contribution in [-0.2, 0) is 11.8 Å². The van der Waals surface area contributed by atoms with E-state index in [0.29, 0.717) is 17.6 Å². The van der Waals surface area contributed by atoms with Crippen LogP contribution in [0.15, 0.2) is 29.4 Å². The van der Waals surface area contributed by atoms with Gasteiger partial charge in [0.2, 0.25) is 5.91 Å². The number of benzene rings is 1. The van der Waals surface area contributed by atoms with Gasteiger partial charge in [-0.05, 0) is 42.5 Å². The summed E-state index contributed by atoms with van der Waals surface area (Å²) in [7, 11) is 3.57. The van der Waals surface area contributed by atoms with E-state index in [1.54, 1.807) is 7.11 Å². The van der Waals surface area contributed by atoms with E-state index in [1.165, 1.54) is 24.6 Å². The minimum absolute atomic E-state index is 0.0694. The highest BCUT2D eigenvalue weighted by Crippen LogP contribution is 2.30. The number of rotatable bonds is 6. The average Bonchev–Trinajstić information content (AvgIpc) is 3.04. The molecule has 1 aliphatic rings. The van der Waals surface area contributed by atoms with Crippen molar-refractivity contribution in [1.82, 2.24) is 20.1 Å². The van der Waals surface area contributed by atoms with Gasteiger partial charge in [0, 0.05) is 18.7 Å². The Morgan fingerprint density at radius 2 is 2.00 bits per heavy atom. The van der Waals surface area contributed by atoms with Crippen LogP contribution in [0.2, 0.25) is 0 Å². The van der Waals surface area contributed by atoms with Gasteiger partial charge in [0.05, 0.1) is 12.9 Å². The molecular weight excluding hydrogens is 360 g/mol. The summed E-state index contributed by atoms with van der Waals surface area (Å²) in [4.78, 5) is 12.4. The molecule has 1 aliphatic carbocycles. The molecular formula is C20H28N4O2S. The van der Waals surface area contributed by atoms with E-state index >= 15 is 0 Å². The Balaban J connectivity index is 1.58. The largest absolute Gasteiger partial charge is 0.497 e. The Kier molecular flexibility index (Phi) is 6.42. The zero-order valence-electron chi connectivity index (χ0n) is 16.4. The summed E-state index contributed by atoms with van der Waals surface area (Å²) in [5.41, 5.74) is 0.965. The van der Waals surface area contributed by atoms with Crippen LogP contribution >= 0.6 is 11.8 Å². The van der Waals surface area contributed by atoms with E-state index in [4.69, 9.17) is 4.74 Å². The van der Waals surface area contributed by atoms with E-state index in [9.17, 15) is 4.79 Å². The van der Waals surface area contributed by atoms with Gasteiger partial charge in [-0.3, -0.25) is 4.79 Å². The second-order valence-corrected chi connectivity index (χ2v) is 8.27. The van der Waals surface area contributed by atoms with E-state index in [1.807, 2.05) is 35.9 Å². The van der Waals surface area contributed by atoms with E-state index in [2.05, 4.69) is 29.4 Å². The zero-order valence-corrected chi connectivity index (χ0v) is 17.3. The van der Waals surface area contributed by atoms with Crippen molar-refractivity contribution in [3.05, 3.63) is 24.3 Å². The summed E-state index contributed by atoms with van der Waals surface area (Å²) in [5, 5.41) is 12.5. The fourth-order valence-corrected chi connectivity index (χ4v) is 4.32. The molecule has 1 aromatic heterocycles. The zero-order chi connectivity index (χ0) is 19.4. The standard InChI is InChI=1S/C20H28N4O2S/c1-13-6-5-7-17(14(13)2)21-18(25)12-27-20-23-22-19(24(20)3)15-8-10-16(26-4)11-9-15/h8-11,13-14,17H,5-7,12H2,1-4H3,(H,21,25)/t13-,14+,17-/m0/s1. The number of nitrogens with zero attached hydrogens (tertiary/aromatic N) is 3. The molecule has 0 saturated heterocycles. The number of carbonyl (C=O) groups is 1. The predicted octanol–water partition coefficient (Wildman–Crippen LogP) is 3.52. The lowest BCUT2D eigenvalue weighted by Gasteiger charge is -2.34. The number of nitrogens with one attached hydrogen (secondary N) is 1. The second kappa shape index (κ2) is 8.78. The maximum atomic E-state index is 12.4. The lowest BCUT2D eigenvalue weighted by atomic mass is 9.78. The smallest absolute Gasteiger partial charge is 0.230 e. The van der Waals surface area contributed by atoms with E-state index in [0.717, 1.165) is 28.7 Å². The lowest BCUT2D eigenvalue weighted by molar-refractivity contribution is -0.120. The quantitative estimate of drug-likeness (QED) is 0.767. The fourth-order valence-electron chi connectivity index (χ4n) is 3.60. The second-order valence-electron chi connectivity index (χ2n) is 7.32. The molecule has 0 unspecified atom stereocenters. The SMILES string of the molecule is COc1ccc(-c2nnc(SCC(=O)N[C@H]3CCC[C@H](C)[C@H]3C)n2C)cc1. The first-order valence-electron chi connectivity index (χ1n) is 9.45. The van der Waals surface area contributed by atoms with Crippen molar-refractivity contribution < 1.29 is 9.53 Å². The van der Waals surface area contributed by atoms with Crippen LogP contribution in [0.5, 0.6) is 5.75 Å². The van der Waals surface area contributed by atoms with Crippen molar-refractivity contribution in [2.45, 2.75) is 44.3 Å². The highest BCUT2D eigenvalue weighted by Gasteiger charge is 2.28. The first-order chi connectivity index (χ1) is 13.0. The number of hydrogen-bond donors (Lipinski definition) is 1. The van der Waals surface area contributed by atoms with Crippen LogP contribution in [0.1, 0.15) is 33.1 Å². The molecule has 0 bridgehead atoms. The summed E-state index contributed by atoms with van der Waals surface area (Å²) >= 11 is 1.42. The van der Waals surface area contributed by atoms with Gasteiger partial charge in [-0.15, -0.1) is 10.2 Å². The van der Waals surface area contributed by atoms with E-state index < -0.39 is 0 Å². The Bertz CT molecular complexity index is 775. The third-order valence-corrected chi connectivity index (χ3v) is 6.59. The molecule has 1 fully saturated rings. The maximum Gasteiger partial charge on any atom is 0.230 e. The van der Waals surface area contributed by atoms with Gasteiger partial charge in [0.25, 0.3) is 0 Å². The van der Waals surface area contributed by atoms with Crippen molar-refractivity contribution >= 4 is 17.7 Å². The van der Waals surface area contributed by atoms with Crippen molar-refractivity contribution in [2.75, 3.05) is 12.9 Å². The number of carbonyl (C=O) groups excluding carboxylic acids is 1. The molecule has 6 nitrogen and oxygen atoms in total. The highest BCUT2D eigenvalue weighted by atomic mass is 32.2. The van der Waals surface area contributed by atoms with Crippen molar-refractivity contribution in [3.8, 4) is 17.1 Å². The molecule has 1 aromatic carbocycles. The Labute approximate surface area is 165 Å².